The standard InChI is InChI=1S/C17H28N2/c1-17(2,3)16-8-7-15(18)11-14(16)6-4-5-13-9-10-19-12-13/h7-8,11,13,19H,4-6,9-10,12,18H2,1-3H3. The molecule has 0 bridgehead atoms. The van der Waals surface area contributed by atoms with Crippen molar-refractivity contribution in [1.29, 1.82) is 0 Å². The highest BCUT2D eigenvalue weighted by molar-refractivity contribution is 5.47. The van der Waals surface area contributed by atoms with Gasteiger partial charge in [0.2, 0.25) is 0 Å². The maximum atomic E-state index is 5.95. The van der Waals surface area contributed by atoms with Gasteiger partial charge < -0.3 is 11.1 Å². The lowest BCUT2D eigenvalue weighted by atomic mass is 9.82. The Kier molecular flexibility index (Phi) is 4.51. The third-order valence-electron chi connectivity index (χ3n) is 4.16. The molecule has 2 heteroatoms. The Morgan fingerprint density at radius 1 is 1.32 bits per heavy atom. The number of benzene rings is 1. The van der Waals surface area contributed by atoms with E-state index in [0.29, 0.717) is 0 Å². The van der Waals surface area contributed by atoms with Gasteiger partial charge in [0.15, 0.2) is 0 Å². The zero-order chi connectivity index (χ0) is 13.9. The van der Waals surface area contributed by atoms with Crippen molar-refractivity contribution in [3.8, 4) is 0 Å². The number of nitrogens with two attached hydrogens (primary N) is 1. The molecule has 19 heavy (non-hydrogen) atoms. The summed E-state index contributed by atoms with van der Waals surface area (Å²) in [5.74, 6) is 0.888. The van der Waals surface area contributed by atoms with Gasteiger partial charge in [0.25, 0.3) is 0 Å². The molecule has 0 spiro atoms. The summed E-state index contributed by atoms with van der Waals surface area (Å²) in [6.45, 7) is 9.26. The Hall–Kier alpha value is -1.02. The van der Waals surface area contributed by atoms with Crippen LogP contribution in [0.15, 0.2) is 18.2 Å². The SMILES string of the molecule is CC(C)(C)c1ccc(N)cc1CCCC1CCNC1. The van der Waals surface area contributed by atoms with E-state index >= 15 is 0 Å². The van der Waals surface area contributed by atoms with Crippen LogP contribution in [0, 0.1) is 5.92 Å². The van der Waals surface area contributed by atoms with Crippen LogP contribution in [0.3, 0.4) is 0 Å². The number of aryl methyl sites for hydroxylation is 1. The van der Waals surface area contributed by atoms with E-state index in [9.17, 15) is 0 Å². The first-order valence-electron chi connectivity index (χ1n) is 7.56. The van der Waals surface area contributed by atoms with Gasteiger partial charge in [-0.1, -0.05) is 26.8 Å². The number of nitrogen functional groups attached to an aromatic ring is 1. The lowest BCUT2D eigenvalue weighted by Gasteiger charge is -2.23. The van der Waals surface area contributed by atoms with Gasteiger partial charge in [-0.2, -0.15) is 0 Å². The van der Waals surface area contributed by atoms with Crippen molar-refractivity contribution < 1.29 is 0 Å². The number of rotatable bonds is 4. The molecule has 0 saturated carbocycles. The highest BCUT2D eigenvalue weighted by Gasteiger charge is 2.18. The lowest BCUT2D eigenvalue weighted by molar-refractivity contribution is 0.506. The summed E-state index contributed by atoms with van der Waals surface area (Å²) in [6.07, 6.45) is 5.13. The van der Waals surface area contributed by atoms with Crippen LogP contribution in [0.2, 0.25) is 0 Å². The van der Waals surface area contributed by atoms with E-state index in [1.807, 2.05) is 6.07 Å². The van der Waals surface area contributed by atoms with Crippen LogP contribution < -0.4 is 11.1 Å². The quantitative estimate of drug-likeness (QED) is 0.813. The topological polar surface area (TPSA) is 38.0 Å². The fraction of sp³-hybridized carbons (Fsp3) is 0.647. The van der Waals surface area contributed by atoms with E-state index < -0.39 is 0 Å². The second kappa shape index (κ2) is 5.96. The monoisotopic (exact) mass is 260 g/mol. The van der Waals surface area contributed by atoms with E-state index in [1.54, 1.807) is 0 Å². The van der Waals surface area contributed by atoms with Gasteiger partial charge in [-0.15, -0.1) is 0 Å². The molecule has 0 aliphatic carbocycles. The molecular weight excluding hydrogens is 232 g/mol. The summed E-state index contributed by atoms with van der Waals surface area (Å²) in [5, 5.41) is 3.45. The molecule has 0 aromatic heterocycles. The molecule has 1 aromatic rings. The number of hydrogen-bond acceptors (Lipinski definition) is 2. The van der Waals surface area contributed by atoms with Crippen LogP contribution in [0.5, 0.6) is 0 Å². The molecule has 0 amide bonds. The minimum Gasteiger partial charge on any atom is -0.399 e. The molecular formula is C17H28N2. The van der Waals surface area contributed by atoms with Gasteiger partial charge in [-0.05, 0) is 73.4 Å². The van der Waals surface area contributed by atoms with Crippen molar-refractivity contribution in [1.82, 2.24) is 5.32 Å². The maximum absolute atomic E-state index is 5.95. The predicted octanol–water partition coefficient (Wildman–Crippen LogP) is 3.50. The van der Waals surface area contributed by atoms with E-state index in [1.165, 1.54) is 43.5 Å². The average Bonchev–Trinajstić information content (AvgIpc) is 2.80. The minimum absolute atomic E-state index is 0.206. The molecule has 1 aromatic carbocycles. The summed E-state index contributed by atoms with van der Waals surface area (Å²) < 4.78 is 0. The van der Waals surface area contributed by atoms with E-state index in [2.05, 4.69) is 38.2 Å². The van der Waals surface area contributed by atoms with Crippen LogP contribution in [0.25, 0.3) is 0 Å². The second-order valence-corrected chi connectivity index (χ2v) is 6.92. The van der Waals surface area contributed by atoms with Crippen molar-refractivity contribution in [3.05, 3.63) is 29.3 Å². The Bertz CT molecular complexity index is 412. The number of hydrogen-bond donors (Lipinski definition) is 2. The molecule has 1 saturated heterocycles. The molecule has 1 unspecified atom stereocenters. The smallest absolute Gasteiger partial charge is 0.0316 e. The van der Waals surface area contributed by atoms with Crippen molar-refractivity contribution in [2.75, 3.05) is 18.8 Å². The molecule has 1 heterocycles. The Morgan fingerprint density at radius 2 is 2.11 bits per heavy atom. The number of anilines is 1. The first kappa shape index (κ1) is 14.4. The molecule has 2 rings (SSSR count). The second-order valence-electron chi connectivity index (χ2n) is 6.92. The first-order chi connectivity index (χ1) is 8.97. The Labute approximate surface area is 117 Å². The van der Waals surface area contributed by atoms with E-state index in [-0.39, 0.29) is 5.41 Å². The van der Waals surface area contributed by atoms with E-state index in [0.717, 1.165) is 18.0 Å². The molecule has 1 aliphatic heterocycles. The van der Waals surface area contributed by atoms with Crippen molar-refractivity contribution in [3.63, 3.8) is 0 Å². The lowest BCUT2D eigenvalue weighted by Crippen LogP contribution is -2.15. The van der Waals surface area contributed by atoms with Crippen molar-refractivity contribution in [2.45, 2.75) is 51.9 Å². The van der Waals surface area contributed by atoms with Crippen LogP contribution in [-0.2, 0) is 11.8 Å². The zero-order valence-corrected chi connectivity index (χ0v) is 12.6. The van der Waals surface area contributed by atoms with Crippen LogP contribution in [-0.4, -0.2) is 13.1 Å². The Balaban J connectivity index is 1.99. The molecule has 1 atom stereocenters. The normalized spacial score (nSPS) is 19.8. The van der Waals surface area contributed by atoms with Gasteiger partial charge >= 0.3 is 0 Å². The van der Waals surface area contributed by atoms with Gasteiger partial charge in [0.1, 0.15) is 0 Å². The summed E-state index contributed by atoms with van der Waals surface area (Å²) >= 11 is 0. The highest BCUT2D eigenvalue weighted by Crippen LogP contribution is 2.29. The third kappa shape index (κ3) is 3.97. The maximum Gasteiger partial charge on any atom is 0.0316 e. The van der Waals surface area contributed by atoms with Gasteiger partial charge in [-0.3, -0.25) is 0 Å². The van der Waals surface area contributed by atoms with Gasteiger partial charge in [-0.25, -0.2) is 0 Å². The molecule has 0 radical (unpaired) electrons. The molecule has 1 fully saturated rings. The van der Waals surface area contributed by atoms with Crippen LogP contribution in [0.4, 0.5) is 5.69 Å². The highest BCUT2D eigenvalue weighted by atomic mass is 14.9. The molecule has 106 valence electrons. The predicted molar refractivity (Wildman–Crippen MR) is 83.5 cm³/mol. The van der Waals surface area contributed by atoms with Crippen LogP contribution >= 0.6 is 0 Å². The molecule has 3 N–H and O–H groups in total. The van der Waals surface area contributed by atoms with Crippen molar-refractivity contribution >= 4 is 5.69 Å². The fourth-order valence-electron chi connectivity index (χ4n) is 3.09. The van der Waals surface area contributed by atoms with Gasteiger partial charge in [0, 0.05) is 5.69 Å². The number of nitrogens with one attached hydrogen (secondary N) is 1. The van der Waals surface area contributed by atoms with Crippen molar-refractivity contribution in [2.24, 2.45) is 5.92 Å². The summed E-state index contributed by atoms with van der Waals surface area (Å²) in [6, 6.07) is 6.42. The largest absolute Gasteiger partial charge is 0.399 e. The first-order valence-corrected chi connectivity index (χ1v) is 7.56. The fourth-order valence-corrected chi connectivity index (χ4v) is 3.09. The third-order valence-corrected chi connectivity index (χ3v) is 4.16. The minimum atomic E-state index is 0.206. The van der Waals surface area contributed by atoms with Crippen LogP contribution in [0.1, 0.15) is 51.2 Å². The summed E-state index contributed by atoms with van der Waals surface area (Å²) in [5.41, 5.74) is 9.95. The molecule has 1 aliphatic rings. The average molecular weight is 260 g/mol. The zero-order valence-electron chi connectivity index (χ0n) is 12.6. The van der Waals surface area contributed by atoms with Gasteiger partial charge in [0.05, 0.1) is 0 Å². The summed E-state index contributed by atoms with van der Waals surface area (Å²) in [4.78, 5) is 0. The molecule has 2 nitrogen and oxygen atoms in total. The summed E-state index contributed by atoms with van der Waals surface area (Å²) in [7, 11) is 0. The Morgan fingerprint density at radius 3 is 2.74 bits per heavy atom. The van der Waals surface area contributed by atoms with E-state index in [4.69, 9.17) is 5.73 Å².